The first kappa shape index (κ1) is 91.1. The maximum absolute atomic E-state index is 13.1. The minimum absolute atomic E-state index is 0.105. The normalized spacial score (nSPS) is 14.2. The van der Waals surface area contributed by atoms with Crippen LogP contribution in [-0.2, 0) is 65.4 Å². The van der Waals surface area contributed by atoms with E-state index in [4.69, 9.17) is 37.0 Å². The van der Waals surface area contributed by atoms with Gasteiger partial charge in [0.1, 0.15) is 19.3 Å². The molecule has 0 aliphatic rings. The van der Waals surface area contributed by atoms with Gasteiger partial charge in [0, 0.05) is 25.7 Å². The van der Waals surface area contributed by atoms with Gasteiger partial charge in [0.15, 0.2) is 12.2 Å². The summed E-state index contributed by atoms with van der Waals surface area (Å²) in [5.74, 6) is 0.877. The highest BCUT2D eigenvalue weighted by molar-refractivity contribution is 7.47. The molecule has 0 aromatic rings. The van der Waals surface area contributed by atoms with Crippen LogP contribution in [0.5, 0.6) is 0 Å². The lowest BCUT2D eigenvalue weighted by Crippen LogP contribution is -2.30. The van der Waals surface area contributed by atoms with Crippen LogP contribution in [0.1, 0.15) is 370 Å². The average molecular weight is 1370 g/mol. The Labute approximate surface area is 568 Å². The van der Waals surface area contributed by atoms with Crippen molar-refractivity contribution in [2.75, 3.05) is 39.6 Å². The Balaban J connectivity index is 5.24. The van der Waals surface area contributed by atoms with E-state index in [2.05, 4.69) is 55.4 Å². The molecule has 0 aliphatic heterocycles. The highest BCUT2D eigenvalue weighted by atomic mass is 31.2. The smallest absolute Gasteiger partial charge is 0.462 e. The fraction of sp³-hybridized carbons (Fsp3) is 0.946. The quantitative estimate of drug-likeness (QED) is 0.0222. The van der Waals surface area contributed by atoms with Gasteiger partial charge in [-0.05, 0) is 49.4 Å². The third kappa shape index (κ3) is 68.4. The van der Waals surface area contributed by atoms with Gasteiger partial charge in [0.05, 0.1) is 26.4 Å². The van der Waals surface area contributed by atoms with E-state index in [-0.39, 0.29) is 25.7 Å². The van der Waals surface area contributed by atoms with Gasteiger partial charge in [0.2, 0.25) is 0 Å². The number of carbonyl (C=O) groups is 4. The number of carbonyl (C=O) groups excluding carboxylic acids is 4. The van der Waals surface area contributed by atoms with E-state index in [1.54, 1.807) is 0 Å². The number of aliphatic hydroxyl groups excluding tert-OH is 1. The molecule has 0 aromatic heterocycles. The van der Waals surface area contributed by atoms with E-state index in [1.165, 1.54) is 167 Å². The topological polar surface area (TPSA) is 237 Å². The number of esters is 4. The molecule has 17 nitrogen and oxygen atoms in total. The largest absolute Gasteiger partial charge is 0.472 e. The maximum Gasteiger partial charge on any atom is 0.472 e. The highest BCUT2D eigenvalue weighted by Crippen LogP contribution is 2.45. The van der Waals surface area contributed by atoms with Gasteiger partial charge in [-0.15, -0.1) is 0 Å². The van der Waals surface area contributed by atoms with Crippen LogP contribution >= 0.6 is 15.6 Å². The first-order chi connectivity index (χ1) is 44.6. The molecule has 2 unspecified atom stereocenters. The Kier molecular flexibility index (Phi) is 62.2. The van der Waals surface area contributed by atoms with E-state index in [1.807, 2.05) is 0 Å². The summed E-state index contributed by atoms with van der Waals surface area (Å²) in [6, 6.07) is 0. The summed E-state index contributed by atoms with van der Waals surface area (Å²) < 4.78 is 68.4. The predicted molar refractivity (Wildman–Crippen MR) is 377 cm³/mol. The third-order valence-electron chi connectivity index (χ3n) is 17.1. The fourth-order valence-corrected chi connectivity index (χ4v) is 12.8. The summed E-state index contributed by atoms with van der Waals surface area (Å²) in [5.41, 5.74) is 0. The van der Waals surface area contributed by atoms with Crippen molar-refractivity contribution in [3.63, 3.8) is 0 Å². The minimum Gasteiger partial charge on any atom is -0.462 e. The predicted octanol–water partition coefficient (Wildman–Crippen LogP) is 21.3. The van der Waals surface area contributed by atoms with E-state index < -0.39 is 97.5 Å². The molecule has 0 rings (SSSR count). The Morgan fingerprint density at radius 3 is 0.667 bits per heavy atom. The van der Waals surface area contributed by atoms with Crippen LogP contribution in [0.25, 0.3) is 0 Å². The van der Waals surface area contributed by atoms with E-state index in [9.17, 15) is 43.2 Å². The standard InChI is InChI=1S/C74H144O17P2/c1-64(2)50-42-34-26-20-14-10-9-11-16-24-30-40-48-56-73(78)90-69(60-84-71(76)54-46-38-29-23-19-18-22-28-36-44-52-66(5)6)62-88-92(80,81)86-58-68(75)59-87-93(82,83)89-63-70(61-85-72(77)55-47-39-33-32-37-45-53-67(7)8)91-74(79)57-49-41-31-25-17-13-12-15-21-27-35-43-51-65(3)4/h64-70,75H,9-63H2,1-8H3,(H,80,81)(H,82,83)/t68-,69-,70-/m1/s1. The van der Waals surface area contributed by atoms with Crippen molar-refractivity contribution in [2.45, 2.75) is 388 Å². The molecule has 0 radical (unpaired) electrons. The van der Waals surface area contributed by atoms with Crippen molar-refractivity contribution in [1.82, 2.24) is 0 Å². The van der Waals surface area contributed by atoms with Gasteiger partial charge in [-0.3, -0.25) is 37.3 Å². The van der Waals surface area contributed by atoms with Crippen LogP contribution in [0.2, 0.25) is 0 Å². The van der Waals surface area contributed by atoms with Crippen LogP contribution in [0.4, 0.5) is 0 Å². The second-order valence-corrected chi connectivity index (χ2v) is 31.5. The molecule has 0 bridgehead atoms. The van der Waals surface area contributed by atoms with Gasteiger partial charge < -0.3 is 33.8 Å². The summed E-state index contributed by atoms with van der Waals surface area (Å²) in [5, 5.41) is 10.6. The number of rotatable bonds is 71. The van der Waals surface area contributed by atoms with Gasteiger partial charge in [0.25, 0.3) is 0 Å². The third-order valence-corrected chi connectivity index (χ3v) is 19.0. The number of phosphoric acid groups is 2. The molecule has 0 heterocycles. The lowest BCUT2D eigenvalue weighted by molar-refractivity contribution is -0.161. The first-order valence-electron chi connectivity index (χ1n) is 38.2. The van der Waals surface area contributed by atoms with Crippen molar-refractivity contribution in [3.05, 3.63) is 0 Å². The maximum atomic E-state index is 13.1. The minimum atomic E-state index is -4.96. The van der Waals surface area contributed by atoms with Crippen LogP contribution in [0, 0.1) is 23.7 Å². The zero-order valence-electron chi connectivity index (χ0n) is 60.9. The molecular formula is C74H144O17P2. The molecular weight excluding hydrogens is 1220 g/mol. The summed E-state index contributed by atoms with van der Waals surface area (Å²) in [6.45, 7) is 14.1. The zero-order chi connectivity index (χ0) is 68.9. The molecule has 19 heteroatoms. The fourth-order valence-electron chi connectivity index (χ4n) is 11.2. The number of hydrogen-bond donors (Lipinski definition) is 3. The van der Waals surface area contributed by atoms with Crippen molar-refractivity contribution in [1.29, 1.82) is 0 Å². The average Bonchev–Trinajstić information content (AvgIpc) is 2.54. The monoisotopic (exact) mass is 1370 g/mol. The van der Waals surface area contributed by atoms with Gasteiger partial charge >= 0.3 is 39.5 Å². The Bertz CT molecular complexity index is 1830. The zero-order valence-corrected chi connectivity index (χ0v) is 62.7. The van der Waals surface area contributed by atoms with Gasteiger partial charge in [-0.2, -0.15) is 0 Å². The first-order valence-corrected chi connectivity index (χ1v) is 41.2. The molecule has 0 spiro atoms. The second-order valence-electron chi connectivity index (χ2n) is 28.6. The molecule has 0 fully saturated rings. The number of hydrogen-bond acceptors (Lipinski definition) is 15. The Hall–Kier alpha value is -1.94. The summed E-state index contributed by atoms with van der Waals surface area (Å²) in [6.07, 6.45) is 47.3. The van der Waals surface area contributed by atoms with E-state index in [0.717, 1.165) is 114 Å². The molecule has 552 valence electrons. The summed E-state index contributed by atoms with van der Waals surface area (Å²) in [7, 11) is -9.91. The number of aliphatic hydroxyl groups is 1. The summed E-state index contributed by atoms with van der Waals surface area (Å²) >= 11 is 0. The number of unbranched alkanes of at least 4 members (excludes halogenated alkanes) is 37. The van der Waals surface area contributed by atoms with Crippen LogP contribution < -0.4 is 0 Å². The molecule has 3 N–H and O–H groups in total. The van der Waals surface area contributed by atoms with E-state index >= 15 is 0 Å². The molecule has 5 atom stereocenters. The Morgan fingerprint density at radius 1 is 0.269 bits per heavy atom. The van der Waals surface area contributed by atoms with Crippen LogP contribution in [-0.4, -0.2) is 96.7 Å². The highest BCUT2D eigenvalue weighted by Gasteiger charge is 2.30. The van der Waals surface area contributed by atoms with Crippen molar-refractivity contribution in [3.8, 4) is 0 Å². The SMILES string of the molecule is CC(C)CCCCCCCCCCCCCCCC(=O)O[C@H](COC(=O)CCCCCCCCCCCCC(C)C)COP(=O)(O)OC[C@@H](O)COP(=O)(O)OC[C@@H](COC(=O)CCCCCCCCC(C)C)OC(=O)CCCCCCCCCCCCCCC(C)C. The van der Waals surface area contributed by atoms with Gasteiger partial charge in [-0.1, -0.05) is 319 Å². The molecule has 0 amide bonds. The summed E-state index contributed by atoms with van der Waals surface area (Å²) in [4.78, 5) is 72.7. The van der Waals surface area contributed by atoms with Crippen LogP contribution in [0.15, 0.2) is 0 Å². The molecule has 0 saturated heterocycles. The lowest BCUT2D eigenvalue weighted by atomic mass is 10.0. The molecule has 93 heavy (non-hydrogen) atoms. The molecule has 0 aromatic carbocycles. The molecule has 0 aliphatic carbocycles. The lowest BCUT2D eigenvalue weighted by Gasteiger charge is -2.21. The van der Waals surface area contributed by atoms with Crippen molar-refractivity contribution < 1.29 is 80.2 Å². The number of phosphoric ester groups is 2. The number of ether oxygens (including phenoxy) is 4. The van der Waals surface area contributed by atoms with Crippen LogP contribution in [0.3, 0.4) is 0 Å². The second kappa shape index (κ2) is 63.5. The Morgan fingerprint density at radius 2 is 0.452 bits per heavy atom. The van der Waals surface area contributed by atoms with Crippen molar-refractivity contribution >= 4 is 39.5 Å². The molecule has 0 saturated carbocycles. The van der Waals surface area contributed by atoms with Crippen molar-refractivity contribution in [2.24, 2.45) is 23.7 Å². The van der Waals surface area contributed by atoms with E-state index in [0.29, 0.717) is 31.6 Å². The van der Waals surface area contributed by atoms with Gasteiger partial charge in [-0.25, -0.2) is 9.13 Å².